The van der Waals surface area contributed by atoms with E-state index in [4.69, 9.17) is 4.74 Å². The molecular formula is C22H23N5O4S2. The average molecular weight is 486 g/mol. The maximum Gasteiger partial charge on any atom is 0.273 e. The fourth-order valence-corrected chi connectivity index (χ4v) is 5.34. The van der Waals surface area contributed by atoms with Gasteiger partial charge in [0, 0.05) is 25.0 Å². The van der Waals surface area contributed by atoms with E-state index in [1.165, 1.54) is 24.5 Å². The molecule has 3 aromatic rings. The third-order valence-electron chi connectivity index (χ3n) is 5.06. The number of anilines is 2. The van der Waals surface area contributed by atoms with E-state index < -0.39 is 15.9 Å². The molecule has 0 spiro atoms. The monoisotopic (exact) mass is 485 g/mol. The van der Waals surface area contributed by atoms with Gasteiger partial charge in [-0.1, -0.05) is 18.2 Å². The average Bonchev–Trinajstić information content (AvgIpc) is 3.39. The summed E-state index contributed by atoms with van der Waals surface area (Å²) in [6, 6.07) is 12.5. The van der Waals surface area contributed by atoms with Gasteiger partial charge in [0.2, 0.25) is 0 Å². The molecule has 33 heavy (non-hydrogen) atoms. The van der Waals surface area contributed by atoms with Gasteiger partial charge in [-0.3, -0.25) is 14.5 Å². The largest absolute Gasteiger partial charge is 0.378 e. The molecule has 1 aromatic carbocycles. The summed E-state index contributed by atoms with van der Waals surface area (Å²) in [7, 11) is -3.81. The van der Waals surface area contributed by atoms with Crippen molar-refractivity contribution < 1.29 is 17.9 Å². The van der Waals surface area contributed by atoms with Crippen LogP contribution < -0.4 is 15.0 Å². The number of pyridine rings is 1. The third-order valence-corrected chi connectivity index (χ3v) is 7.82. The summed E-state index contributed by atoms with van der Waals surface area (Å²) < 4.78 is 33.0. The maximum atomic E-state index is 12.7. The highest BCUT2D eigenvalue weighted by atomic mass is 32.2. The Kier molecular flexibility index (Phi) is 7.02. The molecule has 172 valence electrons. The summed E-state index contributed by atoms with van der Waals surface area (Å²) in [4.78, 5) is 18.9. The zero-order valence-electron chi connectivity index (χ0n) is 17.9. The Morgan fingerprint density at radius 3 is 2.61 bits per heavy atom. The van der Waals surface area contributed by atoms with Gasteiger partial charge in [-0.15, -0.1) is 11.3 Å². The van der Waals surface area contributed by atoms with Gasteiger partial charge in [-0.05, 0) is 42.1 Å². The number of ether oxygens (including phenoxy) is 1. The fourth-order valence-electron chi connectivity index (χ4n) is 3.28. The zero-order chi connectivity index (χ0) is 23.3. The maximum absolute atomic E-state index is 12.7. The van der Waals surface area contributed by atoms with Gasteiger partial charge in [0.1, 0.15) is 4.21 Å². The molecule has 11 heteroatoms. The van der Waals surface area contributed by atoms with Crippen LogP contribution in [0.5, 0.6) is 0 Å². The first-order chi connectivity index (χ1) is 15.9. The number of morpholine rings is 1. The lowest BCUT2D eigenvalue weighted by molar-refractivity contribution is 0.0955. The number of hydrogen-bond acceptors (Lipinski definition) is 8. The van der Waals surface area contributed by atoms with Gasteiger partial charge in [0.05, 0.1) is 36.4 Å². The molecule has 1 saturated heterocycles. The molecular weight excluding hydrogens is 462 g/mol. The summed E-state index contributed by atoms with van der Waals surface area (Å²) in [6.07, 6.45) is 2.71. The second-order valence-corrected chi connectivity index (χ2v) is 10.1. The van der Waals surface area contributed by atoms with Crippen LogP contribution in [0.1, 0.15) is 22.8 Å². The van der Waals surface area contributed by atoms with Crippen molar-refractivity contribution in [3.05, 3.63) is 71.4 Å². The van der Waals surface area contributed by atoms with Gasteiger partial charge in [-0.25, -0.2) is 13.8 Å². The molecule has 2 N–H and O–H groups in total. The quantitative estimate of drug-likeness (QED) is 0.393. The van der Waals surface area contributed by atoms with Crippen molar-refractivity contribution in [1.29, 1.82) is 0 Å². The molecule has 3 heterocycles. The van der Waals surface area contributed by atoms with Crippen LogP contribution >= 0.6 is 11.3 Å². The molecule has 0 radical (unpaired) electrons. The topological polar surface area (TPSA) is 113 Å². The summed E-state index contributed by atoms with van der Waals surface area (Å²) >= 11 is 1.08. The number of benzene rings is 1. The lowest BCUT2D eigenvalue weighted by atomic mass is 10.1. The highest BCUT2D eigenvalue weighted by Crippen LogP contribution is 2.22. The molecule has 0 saturated carbocycles. The SMILES string of the molecule is C/C(=N/NC(=O)c1ccncc1NS(=O)(=O)c1cccs1)c1ccc(N2CCOCC2)cc1. The van der Waals surface area contributed by atoms with Crippen LogP contribution in [0.3, 0.4) is 0 Å². The van der Waals surface area contributed by atoms with Gasteiger partial charge in [-0.2, -0.15) is 5.10 Å². The van der Waals surface area contributed by atoms with E-state index in [2.05, 4.69) is 25.1 Å². The molecule has 1 fully saturated rings. The van der Waals surface area contributed by atoms with Gasteiger partial charge < -0.3 is 9.64 Å². The minimum absolute atomic E-state index is 0.0751. The molecule has 1 aliphatic rings. The molecule has 2 aromatic heterocycles. The van der Waals surface area contributed by atoms with Crippen molar-refractivity contribution in [1.82, 2.24) is 10.4 Å². The van der Waals surface area contributed by atoms with Crippen LogP contribution in [0.25, 0.3) is 0 Å². The standard InChI is InChI=1S/C22H23N5O4S2/c1-16(17-4-6-18(7-5-17)27-10-12-31-13-11-27)24-25-22(28)19-8-9-23-15-20(19)26-33(29,30)21-3-2-14-32-21/h2-9,14-15,26H,10-13H2,1H3,(H,25,28)/b24-16-. The molecule has 0 aliphatic carbocycles. The van der Waals surface area contributed by atoms with Crippen molar-refractivity contribution in [3.8, 4) is 0 Å². The summed E-state index contributed by atoms with van der Waals surface area (Å²) in [6.45, 7) is 4.93. The number of amides is 1. The normalized spacial score (nSPS) is 14.7. The molecule has 1 amide bonds. The van der Waals surface area contributed by atoms with E-state index in [-0.39, 0.29) is 15.5 Å². The number of nitrogens with one attached hydrogen (secondary N) is 2. The number of aromatic nitrogens is 1. The molecule has 0 unspecified atom stereocenters. The van der Waals surface area contributed by atoms with Gasteiger partial charge in [0.25, 0.3) is 15.9 Å². The number of rotatable bonds is 7. The highest BCUT2D eigenvalue weighted by molar-refractivity contribution is 7.94. The van der Waals surface area contributed by atoms with Crippen LogP contribution in [0.2, 0.25) is 0 Å². The van der Waals surface area contributed by atoms with Crippen LogP contribution in [0.4, 0.5) is 11.4 Å². The number of carbonyl (C=O) groups is 1. The Morgan fingerprint density at radius 2 is 1.91 bits per heavy atom. The molecule has 0 bridgehead atoms. The van der Waals surface area contributed by atoms with Crippen molar-refractivity contribution in [2.24, 2.45) is 5.10 Å². The van der Waals surface area contributed by atoms with Crippen molar-refractivity contribution in [2.75, 3.05) is 35.9 Å². The minimum atomic E-state index is -3.81. The van der Waals surface area contributed by atoms with Gasteiger partial charge >= 0.3 is 0 Å². The van der Waals surface area contributed by atoms with Crippen LogP contribution in [-0.4, -0.2) is 51.3 Å². The summed E-state index contributed by atoms with van der Waals surface area (Å²) in [5.74, 6) is -0.550. The van der Waals surface area contributed by atoms with E-state index >= 15 is 0 Å². The fraction of sp³-hybridized carbons (Fsp3) is 0.227. The van der Waals surface area contributed by atoms with Crippen LogP contribution in [0.15, 0.2) is 69.5 Å². The molecule has 1 aliphatic heterocycles. The van der Waals surface area contributed by atoms with Crippen LogP contribution in [0, 0.1) is 0 Å². The number of thiophene rings is 1. The first-order valence-electron chi connectivity index (χ1n) is 10.2. The first kappa shape index (κ1) is 22.9. The van der Waals surface area contributed by atoms with Crippen molar-refractivity contribution in [3.63, 3.8) is 0 Å². The molecule has 4 rings (SSSR count). The summed E-state index contributed by atoms with van der Waals surface area (Å²) in [5.41, 5.74) is 5.28. The third kappa shape index (κ3) is 5.56. The lowest BCUT2D eigenvalue weighted by Crippen LogP contribution is -2.36. The Bertz CT molecular complexity index is 1240. The van der Waals surface area contributed by atoms with E-state index in [0.717, 1.165) is 48.9 Å². The smallest absolute Gasteiger partial charge is 0.273 e. The number of hydrazone groups is 1. The number of carbonyl (C=O) groups excluding carboxylic acids is 1. The predicted molar refractivity (Wildman–Crippen MR) is 129 cm³/mol. The number of sulfonamides is 1. The Labute approximate surface area is 196 Å². The lowest BCUT2D eigenvalue weighted by Gasteiger charge is -2.28. The highest BCUT2D eigenvalue weighted by Gasteiger charge is 2.20. The van der Waals surface area contributed by atoms with E-state index in [1.807, 2.05) is 24.3 Å². The molecule has 9 nitrogen and oxygen atoms in total. The Morgan fingerprint density at radius 1 is 1.15 bits per heavy atom. The second kappa shape index (κ2) is 10.1. The molecule has 0 atom stereocenters. The second-order valence-electron chi connectivity index (χ2n) is 7.24. The van der Waals surface area contributed by atoms with E-state index in [1.54, 1.807) is 18.4 Å². The van der Waals surface area contributed by atoms with Gasteiger partial charge in [0.15, 0.2) is 0 Å². The van der Waals surface area contributed by atoms with Crippen molar-refractivity contribution >= 4 is 44.4 Å². The predicted octanol–water partition coefficient (Wildman–Crippen LogP) is 2.93. The van der Waals surface area contributed by atoms with Crippen molar-refractivity contribution in [2.45, 2.75) is 11.1 Å². The Balaban J connectivity index is 1.45. The number of nitrogens with zero attached hydrogens (tertiary/aromatic N) is 3. The summed E-state index contributed by atoms with van der Waals surface area (Å²) in [5, 5.41) is 5.85. The van der Waals surface area contributed by atoms with E-state index in [0.29, 0.717) is 5.71 Å². The van der Waals surface area contributed by atoms with E-state index in [9.17, 15) is 13.2 Å². The van der Waals surface area contributed by atoms with Crippen LogP contribution in [-0.2, 0) is 14.8 Å². The zero-order valence-corrected chi connectivity index (χ0v) is 19.5. The minimum Gasteiger partial charge on any atom is -0.378 e. The number of hydrogen-bond donors (Lipinski definition) is 2. The first-order valence-corrected chi connectivity index (χ1v) is 12.6. The Hall–Kier alpha value is -3.28.